The highest BCUT2D eigenvalue weighted by Crippen LogP contribution is 2.24. The lowest BCUT2D eigenvalue weighted by atomic mass is 10.2. The van der Waals surface area contributed by atoms with Gasteiger partial charge >= 0.3 is 12.0 Å². The van der Waals surface area contributed by atoms with E-state index in [1.807, 2.05) is 0 Å². The first kappa shape index (κ1) is 13.0. The normalized spacial score (nSPS) is 10.1. The summed E-state index contributed by atoms with van der Waals surface area (Å²) in [7, 11) is 3.10. The predicted molar refractivity (Wildman–Crippen MR) is 67.1 cm³/mol. The minimum Gasteiger partial charge on any atom is -0.467 e. The fourth-order valence-corrected chi connectivity index (χ4v) is 1.37. The van der Waals surface area contributed by atoms with Crippen LogP contribution < -0.4 is 14.8 Å². The molecule has 2 aromatic rings. The molecule has 0 radical (unpaired) electrons. The van der Waals surface area contributed by atoms with Crippen LogP contribution in [0.2, 0.25) is 0 Å². The van der Waals surface area contributed by atoms with E-state index in [1.165, 1.54) is 19.2 Å². The zero-order chi connectivity index (χ0) is 13.8. The van der Waals surface area contributed by atoms with Crippen molar-refractivity contribution < 1.29 is 13.9 Å². The molecule has 0 atom stereocenters. The number of benzene rings is 1. The van der Waals surface area contributed by atoms with E-state index in [0.717, 1.165) is 5.56 Å². The number of methoxy groups -OCH3 is 1. The molecular formula is C12H13FN4O2. The molecule has 0 bridgehead atoms. The van der Waals surface area contributed by atoms with E-state index < -0.39 is 5.82 Å². The number of rotatable bonds is 4. The van der Waals surface area contributed by atoms with Gasteiger partial charge in [0.1, 0.15) is 11.6 Å². The van der Waals surface area contributed by atoms with Crippen molar-refractivity contribution in [3.63, 3.8) is 0 Å². The summed E-state index contributed by atoms with van der Waals surface area (Å²) in [6, 6.07) is 4.38. The van der Waals surface area contributed by atoms with Crippen molar-refractivity contribution in [2.75, 3.05) is 19.5 Å². The highest BCUT2D eigenvalue weighted by Gasteiger charge is 2.10. The molecule has 0 aliphatic heterocycles. The number of aromatic nitrogens is 3. The lowest BCUT2D eigenvalue weighted by Crippen LogP contribution is -2.03. The Labute approximate surface area is 109 Å². The maximum Gasteiger partial charge on any atom is 0.330 e. The number of halogens is 1. The highest BCUT2D eigenvalue weighted by atomic mass is 19.1. The van der Waals surface area contributed by atoms with Crippen LogP contribution in [0.4, 0.5) is 10.3 Å². The summed E-state index contributed by atoms with van der Waals surface area (Å²) in [5.41, 5.74) is 0.770. The van der Waals surface area contributed by atoms with Crippen molar-refractivity contribution in [1.29, 1.82) is 0 Å². The van der Waals surface area contributed by atoms with E-state index in [0.29, 0.717) is 11.7 Å². The van der Waals surface area contributed by atoms with Crippen LogP contribution in [-0.2, 0) is 0 Å². The van der Waals surface area contributed by atoms with Crippen molar-refractivity contribution in [2.24, 2.45) is 0 Å². The summed E-state index contributed by atoms with van der Waals surface area (Å²) in [6.45, 7) is 1.80. The second-order valence-corrected chi connectivity index (χ2v) is 3.69. The zero-order valence-corrected chi connectivity index (χ0v) is 10.8. The van der Waals surface area contributed by atoms with Crippen molar-refractivity contribution >= 4 is 5.95 Å². The van der Waals surface area contributed by atoms with Gasteiger partial charge in [-0.3, -0.25) is 0 Å². The molecule has 0 spiro atoms. The van der Waals surface area contributed by atoms with Gasteiger partial charge in [-0.15, -0.1) is 4.98 Å². The summed E-state index contributed by atoms with van der Waals surface area (Å²) < 4.78 is 23.6. The molecule has 1 aromatic carbocycles. The molecule has 0 aliphatic carbocycles. The van der Waals surface area contributed by atoms with E-state index in [-0.39, 0.29) is 12.0 Å². The molecule has 0 saturated heterocycles. The van der Waals surface area contributed by atoms with Gasteiger partial charge in [-0.2, -0.15) is 9.97 Å². The van der Waals surface area contributed by atoms with Crippen LogP contribution in [0, 0.1) is 12.7 Å². The predicted octanol–water partition coefficient (Wildman–Crippen LogP) is 2.16. The molecule has 2 rings (SSSR count). The molecular weight excluding hydrogens is 251 g/mol. The molecule has 0 saturated carbocycles. The number of hydrogen-bond donors (Lipinski definition) is 1. The molecule has 6 nitrogen and oxygen atoms in total. The van der Waals surface area contributed by atoms with Gasteiger partial charge in [0.2, 0.25) is 5.95 Å². The minimum atomic E-state index is -0.393. The fourth-order valence-electron chi connectivity index (χ4n) is 1.37. The lowest BCUT2D eigenvalue weighted by molar-refractivity contribution is 0.359. The van der Waals surface area contributed by atoms with Crippen molar-refractivity contribution in [2.45, 2.75) is 6.92 Å². The van der Waals surface area contributed by atoms with Gasteiger partial charge < -0.3 is 14.8 Å². The van der Waals surface area contributed by atoms with Gasteiger partial charge in [0.15, 0.2) is 0 Å². The molecule has 0 fully saturated rings. The van der Waals surface area contributed by atoms with Crippen LogP contribution in [0.15, 0.2) is 18.2 Å². The third-order valence-electron chi connectivity index (χ3n) is 2.35. The smallest absolute Gasteiger partial charge is 0.330 e. The molecule has 0 aliphatic rings. The van der Waals surface area contributed by atoms with Gasteiger partial charge in [0.05, 0.1) is 7.11 Å². The van der Waals surface area contributed by atoms with Crippen LogP contribution in [0.3, 0.4) is 0 Å². The molecule has 1 aromatic heterocycles. The molecule has 0 amide bonds. The summed E-state index contributed by atoms with van der Waals surface area (Å²) >= 11 is 0. The quantitative estimate of drug-likeness (QED) is 0.912. The number of nitrogens with zero attached hydrogens (tertiary/aromatic N) is 3. The van der Waals surface area contributed by atoms with Gasteiger partial charge in [0, 0.05) is 13.1 Å². The molecule has 100 valence electrons. The van der Waals surface area contributed by atoms with Crippen molar-refractivity contribution in [1.82, 2.24) is 15.0 Å². The van der Waals surface area contributed by atoms with Gasteiger partial charge in [-0.25, -0.2) is 4.39 Å². The summed E-state index contributed by atoms with van der Waals surface area (Å²) in [4.78, 5) is 11.9. The number of aryl methyl sites for hydroxylation is 1. The maximum absolute atomic E-state index is 13.2. The Morgan fingerprint density at radius 1 is 1.16 bits per heavy atom. The third kappa shape index (κ3) is 3.06. The van der Waals surface area contributed by atoms with Crippen LogP contribution in [0.1, 0.15) is 5.56 Å². The number of ether oxygens (including phenoxy) is 2. The Morgan fingerprint density at radius 2 is 1.89 bits per heavy atom. The zero-order valence-electron chi connectivity index (χ0n) is 10.8. The molecule has 0 unspecified atom stereocenters. The standard InChI is InChI=1S/C12H13FN4O2/c1-7-4-5-8(13)6-9(7)19-12-16-10(14-2)15-11(17-12)18-3/h4-6H,1-3H3,(H,14,15,16,17). The fraction of sp³-hybridized carbons (Fsp3) is 0.250. The molecule has 1 heterocycles. The van der Waals surface area contributed by atoms with E-state index in [1.54, 1.807) is 20.0 Å². The Hall–Kier alpha value is -2.44. The Bertz CT molecular complexity index is 570. The van der Waals surface area contributed by atoms with Crippen molar-refractivity contribution in [3.05, 3.63) is 29.6 Å². The number of hydrogen-bond acceptors (Lipinski definition) is 6. The lowest BCUT2D eigenvalue weighted by Gasteiger charge is -2.08. The summed E-state index contributed by atoms with van der Waals surface area (Å²) in [6.07, 6.45) is 0. The first-order valence-corrected chi connectivity index (χ1v) is 5.54. The molecule has 1 N–H and O–H groups in total. The average molecular weight is 264 g/mol. The SMILES string of the molecule is CNc1nc(OC)nc(Oc2cc(F)ccc2C)n1. The first-order chi connectivity index (χ1) is 9.12. The Balaban J connectivity index is 2.34. The second-order valence-electron chi connectivity index (χ2n) is 3.69. The molecule has 7 heteroatoms. The van der Waals surface area contributed by atoms with Crippen LogP contribution in [0.5, 0.6) is 17.8 Å². The first-order valence-electron chi connectivity index (χ1n) is 5.54. The number of anilines is 1. The molecule has 19 heavy (non-hydrogen) atoms. The highest BCUT2D eigenvalue weighted by molar-refractivity contribution is 5.35. The van der Waals surface area contributed by atoms with Crippen LogP contribution in [-0.4, -0.2) is 29.1 Å². The van der Waals surface area contributed by atoms with Gasteiger partial charge in [-0.1, -0.05) is 6.07 Å². The third-order valence-corrected chi connectivity index (χ3v) is 2.35. The van der Waals surface area contributed by atoms with Crippen molar-refractivity contribution in [3.8, 4) is 17.8 Å². The van der Waals surface area contributed by atoms with Gasteiger partial charge in [-0.05, 0) is 18.6 Å². The average Bonchev–Trinajstić information content (AvgIpc) is 2.42. The van der Waals surface area contributed by atoms with Crippen LogP contribution >= 0.6 is 0 Å². The van der Waals surface area contributed by atoms with E-state index in [2.05, 4.69) is 20.3 Å². The Morgan fingerprint density at radius 3 is 2.58 bits per heavy atom. The van der Waals surface area contributed by atoms with E-state index >= 15 is 0 Å². The largest absolute Gasteiger partial charge is 0.467 e. The minimum absolute atomic E-state index is 0.0323. The van der Waals surface area contributed by atoms with E-state index in [4.69, 9.17) is 9.47 Å². The Kier molecular flexibility index (Phi) is 3.74. The monoisotopic (exact) mass is 264 g/mol. The van der Waals surface area contributed by atoms with Crippen LogP contribution in [0.25, 0.3) is 0 Å². The van der Waals surface area contributed by atoms with E-state index in [9.17, 15) is 4.39 Å². The summed E-state index contributed by atoms with van der Waals surface area (Å²) in [5, 5.41) is 2.76. The second kappa shape index (κ2) is 5.47. The van der Waals surface area contributed by atoms with Gasteiger partial charge in [0.25, 0.3) is 0 Å². The topological polar surface area (TPSA) is 69.2 Å². The maximum atomic E-state index is 13.2. The summed E-state index contributed by atoms with van der Waals surface area (Å²) in [5.74, 6) is 0.252. The number of nitrogens with one attached hydrogen (secondary N) is 1.